The molecule has 0 N–H and O–H groups in total. The number of aryl methyl sites for hydroxylation is 1. The fourth-order valence-electron chi connectivity index (χ4n) is 1.10. The predicted octanol–water partition coefficient (Wildman–Crippen LogP) is 0.435. The van der Waals surface area contributed by atoms with Crippen molar-refractivity contribution in [3.05, 3.63) is 29.4 Å². The van der Waals surface area contributed by atoms with E-state index >= 15 is 0 Å². The summed E-state index contributed by atoms with van der Waals surface area (Å²) >= 11 is 0. The molecule has 2 aromatic rings. The summed E-state index contributed by atoms with van der Waals surface area (Å²) in [5.74, 6) is 0.746. The monoisotopic (exact) mass is 192 g/mol. The Balaban J connectivity index is 2.14. The first kappa shape index (κ1) is 8.61. The van der Waals surface area contributed by atoms with Crippen molar-refractivity contribution in [2.75, 3.05) is 0 Å². The van der Waals surface area contributed by atoms with Gasteiger partial charge in [0.15, 0.2) is 6.29 Å². The highest BCUT2D eigenvalue weighted by Gasteiger charge is 2.03. The first-order chi connectivity index (χ1) is 6.78. The third kappa shape index (κ3) is 1.68. The second-order valence-corrected chi connectivity index (χ2v) is 2.89. The molecule has 6 nitrogen and oxygen atoms in total. The third-order valence-electron chi connectivity index (χ3n) is 1.68. The van der Waals surface area contributed by atoms with Crippen molar-refractivity contribution in [2.45, 2.75) is 13.5 Å². The van der Waals surface area contributed by atoms with Crippen LogP contribution in [0.15, 0.2) is 16.8 Å². The Kier molecular flexibility index (Phi) is 2.10. The van der Waals surface area contributed by atoms with Gasteiger partial charge < -0.3 is 4.52 Å². The van der Waals surface area contributed by atoms with Gasteiger partial charge in [0.05, 0.1) is 12.7 Å². The zero-order valence-electron chi connectivity index (χ0n) is 7.54. The first-order valence-electron chi connectivity index (χ1n) is 4.05. The van der Waals surface area contributed by atoms with Crippen molar-refractivity contribution in [3.8, 4) is 0 Å². The van der Waals surface area contributed by atoms with Crippen LogP contribution in [-0.2, 0) is 6.54 Å². The number of hydrogen-bond acceptors (Lipinski definition) is 5. The van der Waals surface area contributed by atoms with Crippen LogP contribution in [0.3, 0.4) is 0 Å². The van der Waals surface area contributed by atoms with E-state index < -0.39 is 0 Å². The normalized spacial score (nSPS) is 10.4. The van der Waals surface area contributed by atoms with Gasteiger partial charge in [-0.05, 0) is 6.92 Å². The summed E-state index contributed by atoms with van der Waals surface area (Å²) in [4.78, 5) is 10.3. The minimum atomic E-state index is 0.310. The second-order valence-electron chi connectivity index (χ2n) is 2.89. The predicted molar refractivity (Wildman–Crippen MR) is 45.8 cm³/mol. The molecule has 2 aromatic heterocycles. The highest BCUT2D eigenvalue weighted by Crippen LogP contribution is 2.03. The molecular weight excluding hydrogens is 184 g/mol. The van der Waals surface area contributed by atoms with Crippen LogP contribution in [0.25, 0.3) is 0 Å². The summed E-state index contributed by atoms with van der Waals surface area (Å²) in [7, 11) is 0. The maximum Gasteiger partial charge on any atom is 0.171 e. The summed E-state index contributed by atoms with van der Waals surface area (Å²) in [6, 6.07) is 1.81. The molecule has 0 aliphatic heterocycles. The SMILES string of the molecule is Cc1cc(Cn2cc(C=O)nn2)no1. The van der Waals surface area contributed by atoms with E-state index in [1.165, 1.54) is 4.68 Å². The highest BCUT2D eigenvalue weighted by atomic mass is 16.5. The molecule has 0 saturated heterocycles. The summed E-state index contributed by atoms with van der Waals surface area (Å²) in [5, 5.41) is 11.2. The van der Waals surface area contributed by atoms with Gasteiger partial charge in [0.1, 0.15) is 17.1 Å². The van der Waals surface area contributed by atoms with Gasteiger partial charge in [0.25, 0.3) is 0 Å². The van der Waals surface area contributed by atoms with Crippen LogP contribution in [0.5, 0.6) is 0 Å². The van der Waals surface area contributed by atoms with Crippen LogP contribution < -0.4 is 0 Å². The van der Waals surface area contributed by atoms with Crippen LogP contribution >= 0.6 is 0 Å². The van der Waals surface area contributed by atoms with E-state index in [9.17, 15) is 4.79 Å². The highest BCUT2D eigenvalue weighted by molar-refractivity contribution is 5.70. The topological polar surface area (TPSA) is 73.8 Å². The Morgan fingerprint density at radius 3 is 3.07 bits per heavy atom. The molecule has 0 unspecified atom stereocenters. The first-order valence-corrected chi connectivity index (χ1v) is 4.05. The number of aromatic nitrogens is 4. The number of rotatable bonds is 3. The number of hydrogen-bond donors (Lipinski definition) is 0. The Hall–Kier alpha value is -1.98. The van der Waals surface area contributed by atoms with Crippen LogP contribution in [0.4, 0.5) is 0 Å². The largest absolute Gasteiger partial charge is 0.361 e. The van der Waals surface area contributed by atoms with E-state index in [2.05, 4.69) is 15.5 Å². The lowest BCUT2D eigenvalue weighted by atomic mass is 10.4. The maximum absolute atomic E-state index is 10.3. The number of carbonyl (C=O) groups excluding carboxylic acids is 1. The van der Waals surface area contributed by atoms with Crippen molar-refractivity contribution in [1.82, 2.24) is 20.2 Å². The molecule has 0 radical (unpaired) electrons. The fraction of sp³-hybridized carbons (Fsp3) is 0.250. The summed E-state index contributed by atoms with van der Waals surface area (Å²) in [6.07, 6.45) is 2.20. The molecule has 6 heteroatoms. The average Bonchev–Trinajstić information content (AvgIpc) is 2.76. The minimum absolute atomic E-state index is 0.310. The van der Waals surface area contributed by atoms with Crippen LogP contribution in [0.2, 0.25) is 0 Å². The van der Waals surface area contributed by atoms with Crippen molar-refractivity contribution < 1.29 is 9.32 Å². The number of nitrogens with zero attached hydrogens (tertiary/aromatic N) is 4. The molecule has 0 atom stereocenters. The Labute approximate surface area is 79.5 Å². The van der Waals surface area contributed by atoms with Gasteiger partial charge in [-0.1, -0.05) is 10.4 Å². The minimum Gasteiger partial charge on any atom is -0.361 e. The molecule has 72 valence electrons. The lowest BCUT2D eigenvalue weighted by Gasteiger charge is -1.92. The maximum atomic E-state index is 10.3. The van der Waals surface area contributed by atoms with Crippen molar-refractivity contribution in [1.29, 1.82) is 0 Å². The van der Waals surface area contributed by atoms with Crippen molar-refractivity contribution in [2.24, 2.45) is 0 Å². The van der Waals surface area contributed by atoms with Crippen LogP contribution in [-0.4, -0.2) is 26.4 Å². The standard InChI is InChI=1S/C8H8N4O2/c1-6-2-7(10-14-6)3-12-4-8(5-13)9-11-12/h2,4-5H,3H2,1H3. The Morgan fingerprint density at radius 2 is 2.50 bits per heavy atom. The second kappa shape index (κ2) is 3.41. The van der Waals surface area contributed by atoms with E-state index in [0.29, 0.717) is 18.5 Å². The molecule has 0 fully saturated rings. The van der Waals surface area contributed by atoms with Crippen LogP contribution in [0.1, 0.15) is 21.9 Å². The van der Waals surface area contributed by atoms with Gasteiger partial charge in [-0.25, -0.2) is 4.68 Å². The molecule has 0 spiro atoms. The van der Waals surface area contributed by atoms with E-state index in [4.69, 9.17) is 4.52 Å². The molecule has 0 aromatic carbocycles. The summed E-state index contributed by atoms with van der Waals surface area (Å²) < 4.78 is 6.42. The van der Waals surface area contributed by atoms with E-state index in [-0.39, 0.29) is 0 Å². The molecule has 14 heavy (non-hydrogen) atoms. The molecule has 0 aliphatic carbocycles. The molecule has 0 saturated carbocycles. The van der Waals surface area contributed by atoms with E-state index in [0.717, 1.165) is 11.5 Å². The Bertz CT molecular complexity index is 446. The smallest absolute Gasteiger partial charge is 0.171 e. The Morgan fingerprint density at radius 1 is 1.64 bits per heavy atom. The van der Waals surface area contributed by atoms with Crippen LogP contribution in [0, 0.1) is 6.92 Å². The van der Waals surface area contributed by atoms with Crippen molar-refractivity contribution >= 4 is 6.29 Å². The molecular formula is C8H8N4O2. The van der Waals surface area contributed by atoms with Gasteiger partial charge in [0.2, 0.25) is 0 Å². The van der Waals surface area contributed by atoms with E-state index in [1.54, 1.807) is 6.20 Å². The molecule has 2 rings (SSSR count). The summed E-state index contributed by atoms with van der Waals surface area (Å²) in [5.41, 5.74) is 1.06. The quantitative estimate of drug-likeness (QED) is 0.659. The third-order valence-corrected chi connectivity index (χ3v) is 1.68. The van der Waals surface area contributed by atoms with Gasteiger partial charge in [-0.2, -0.15) is 0 Å². The molecule has 0 bridgehead atoms. The van der Waals surface area contributed by atoms with Gasteiger partial charge in [0, 0.05) is 6.07 Å². The van der Waals surface area contributed by atoms with Gasteiger partial charge in [-0.3, -0.25) is 4.79 Å². The zero-order chi connectivity index (χ0) is 9.97. The summed E-state index contributed by atoms with van der Waals surface area (Å²) in [6.45, 7) is 2.27. The molecule has 0 amide bonds. The van der Waals surface area contributed by atoms with Gasteiger partial charge >= 0.3 is 0 Å². The van der Waals surface area contributed by atoms with Crippen molar-refractivity contribution in [3.63, 3.8) is 0 Å². The van der Waals surface area contributed by atoms with Gasteiger partial charge in [-0.15, -0.1) is 5.10 Å². The number of carbonyl (C=O) groups is 1. The lowest BCUT2D eigenvalue weighted by Crippen LogP contribution is -2.00. The molecule has 0 aliphatic rings. The molecule has 2 heterocycles. The lowest BCUT2D eigenvalue weighted by molar-refractivity contribution is 0.111. The number of aldehydes is 1. The zero-order valence-corrected chi connectivity index (χ0v) is 7.54. The average molecular weight is 192 g/mol. The fourth-order valence-corrected chi connectivity index (χ4v) is 1.10. The van der Waals surface area contributed by atoms with E-state index in [1.807, 2.05) is 13.0 Å².